The van der Waals surface area contributed by atoms with Crippen molar-refractivity contribution in [3.05, 3.63) is 65.7 Å². The van der Waals surface area contributed by atoms with Crippen LogP contribution >= 0.6 is 0 Å². The van der Waals surface area contributed by atoms with E-state index in [9.17, 15) is 9.59 Å². The lowest BCUT2D eigenvalue weighted by Crippen LogP contribution is -2.23. The van der Waals surface area contributed by atoms with Gasteiger partial charge in [0.2, 0.25) is 5.91 Å². The van der Waals surface area contributed by atoms with Gasteiger partial charge in [-0.1, -0.05) is 42.5 Å². The molecular formula is C19H21NO4. The van der Waals surface area contributed by atoms with E-state index in [4.69, 9.17) is 9.84 Å². The fourth-order valence-corrected chi connectivity index (χ4v) is 2.19. The maximum absolute atomic E-state index is 11.5. The summed E-state index contributed by atoms with van der Waals surface area (Å²) in [6, 6.07) is 17.6. The van der Waals surface area contributed by atoms with E-state index in [0.717, 1.165) is 17.7 Å². The summed E-state index contributed by atoms with van der Waals surface area (Å²) >= 11 is 0. The lowest BCUT2D eigenvalue weighted by Gasteiger charge is -2.09. The first-order valence-electron chi connectivity index (χ1n) is 7.87. The molecule has 1 amide bonds. The van der Waals surface area contributed by atoms with Crippen molar-refractivity contribution in [1.29, 1.82) is 0 Å². The van der Waals surface area contributed by atoms with Crippen LogP contribution < -0.4 is 10.1 Å². The first kappa shape index (κ1) is 17.5. The number of carbonyl (C=O) groups is 2. The van der Waals surface area contributed by atoms with Crippen LogP contribution in [0.5, 0.6) is 5.75 Å². The topological polar surface area (TPSA) is 75.6 Å². The van der Waals surface area contributed by atoms with Crippen molar-refractivity contribution >= 4 is 11.9 Å². The SMILES string of the molecule is O=C(O)CCC(=O)NCc1cccc(OCCc2ccccc2)c1. The van der Waals surface area contributed by atoms with E-state index in [1.165, 1.54) is 5.56 Å². The Morgan fingerprint density at radius 3 is 2.46 bits per heavy atom. The summed E-state index contributed by atoms with van der Waals surface area (Å²) in [5.41, 5.74) is 2.13. The lowest BCUT2D eigenvalue weighted by molar-refractivity contribution is -0.138. The molecule has 126 valence electrons. The Morgan fingerprint density at radius 1 is 0.958 bits per heavy atom. The third kappa shape index (κ3) is 6.52. The average Bonchev–Trinajstić information content (AvgIpc) is 2.59. The fraction of sp³-hybridized carbons (Fsp3) is 0.263. The Labute approximate surface area is 141 Å². The number of hydrogen-bond acceptors (Lipinski definition) is 3. The van der Waals surface area contributed by atoms with Gasteiger partial charge in [0.05, 0.1) is 13.0 Å². The highest BCUT2D eigenvalue weighted by Gasteiger charge is 2.05. The molecule has 0 spiro atoms. The molecule has 24 heavy (non-hydrogen) atoms. The number of benzene rings is 2. The van der Waals surface area contributed by atoms with E-state index in [0.29, 0.717) is 13.2 Å². The number of hydrogen-bond donors (Lipinski definition) is 2. The largest absolute Gasteiger partial charge is 0.493 e. The van der Waals surface area contributed by atoms with E-state index in [-0.39, 0.29) is 18.7 Å². The van der Waals surface area contributed by atoms with E-state index < -0.39 is 5.97 Å². The van der Waals surface area contributed by atoms with Crippen molar-refractivity contribution in [2.75, 3.05) is 6.61 Å². The molecule has 2 aromatic rings. The number of amides is 1. The van der Waals surface area contributed by atoms with Crippen molar-refractivity contribution in [3.63, 3.8) is 0 Å². The summed E-state index contributed by atoms with van der Waals surface area (Å²) in [4.78, 5) is 22.0. The maximum Gasteiger partial charge on any atom is 0.303 e. The van der Waals surface area contributed by atoms with Gasteiger partial charge in [-0.3, -0.25) is 9.59 Å². The van der Waals surface area contributed by atoms with Crippen molar-refractivity contribution in [1.82, 2.24) is 5.32 Å². The molecule has 5 heteroatoms. The van der Waals surface area contributed by atoms with Crippen molar-refractivity contribution < 1.29 is 19.4 Å². The second-order valence-corrected chi connectivity index (χ2v) is 5.40. The summed E-state index contributed by atoms with van der Waals surface area (Å²) < 4.78 is 5.75. The zero-order chi connectivity index (χ0) is 17.2. The van der Waals surface area contributed by atoms with Gasteiger partial charge in [0.1, 0.15) is 5.75 Å². The normalized spacial score (nSPS) is 10.2. The smallest absolute Gasteiger partial charge is 0.303 e. The summed E-state index contributed by atoms with van der Waals surface area (Å²) in [5, 5.41) is 11.3. The molecule has 2 N–H and O–H groups in total. The second kappa shape index (κ2) is 9.35. The van der Waals surface area contributed by atoms with Crippen molar-refractivity contribution in [2.24, 2.45) is 0 Å². The first-order chi connectivity index (χ1) is 11.6. The highest BCUT2D eigenvalue weighted by molar-refractivity contribution is 5.80. The molecule has 2 aromatic carbocycles. The van der Waals surface area contributed by atoms with Gasteiger partial charge in [0.25, 0.3) is 0 Å². The number of aliphatic carboxylic acids is 1. The second-order valence-electron chi connectivity index (χ2n) is 5.40. The van der Waals surface area contributed by atoms with Gasteiger partial charge in [-0.15, -0.1) is 0 Å². The van der Waals surface area contributed by atoms with Crippen molar-refractivity contribution in [3.8, 4) is 5.75 Å². The zero-order valence-electron chi connectivity index (χ0n) is 13.4. The molecule has 0 atom stereocenters. The number of rotatable bonds is 9. The molecule has 0 radical (unpaired) electrons. The zero-order valence-corrected chi connectivity index (χ0v) is 13.4. The van der Waals surface area contributed by atoms with E-state index in [1.54, 1.807) is 0 Å². The number of carboxylic acids is 1. The Kier molecular flexibility index (Phi) is 6.83. The van der Waals surface area contributed by atoms with Crippen LogP contribution in [0.3, 0.4) is 0 Å². The van der Waals surface area contributed by atoms with Crippen LogP contribution in [0.4, 0.5) is 0 Å². The molecule has 0 fully saturated rings. The van der Waals surface area contributed by atoms with E-state index in [2.05, 4.69) is 17.4 Å². The summed E-state index contributed by atoms with van der Waals surface area (Å²) in [7, 11) is 0. The van der Waals surface area contributed by atoms with Gasteiger partial charge in [-0.2, -0.15) is 0 Å². The fourth-order valence-electron chi connectivity index (χ4n) is 2.19. The molecule has 0 saturated heterocycles. The minimum absolute atomic E-state index is 0.0113. The van der Waals surface area contributed by atoms with Crippen molar-refractivity contribution in [2.45, 2.75) is 25.8 Å². The maximum atomic E-state index is 11.5. The monoisotopic (exact) mass is 327 g/mol. The van der Waals surface area contributed by atoms with Gasteiger partial charge in [-0.25, -0.2) is 0 Å². The minimum atomic E-state index is -0.973. The van der Waals surface area contributed by atoms with Crippen LogP contribution in [-0.4, -0.2) is 23.6 Å². The number of carbonyl (C=O) groups excluding carboxylic acids is 1. The van der Waals surface area contributed by atoms with Gasteiger partial charge >= 0.3 is 5.97 Å². The molecule has 0 heterocycles. The molecule has 0 unspecified atom stereocenters. The Hall–Kier alpha value is -2.82. The molecule has 0 aromatic heterocycles. The number of nitrogens with one attached hydrogen (secondary N) is 1. The Balaban J connectivity index is 1.76. The number of ether oxygens (including phenoxy) is 1. The van der Waals surface area contributed by atoms with Crippen LogP contribution in [0.15, 0.2) is 54.6 Å². The predicted molar refractivity (Wildman–Crippen MR) is 90.8 cm³/mol. The Bertz CT molecular complexity index is 670. The summed E-state index contributed by atoms with van der Waals surface area (Å²) in [5.74, 6) is -0.491. The molecular weight excluding hydrogens is 306 g/mol. The van der Waals surface area contributed by atoms with Gasteiger partial charge in [0.15, 0.2) is 0 Å². The predicted octanol–water partition coefficient (Wildman–Crippen LogP) is 2.79. The standard InChI is InChI=1S/C19H21NO4/c21-18(9-10-19(22)23)20-14-16-7-4-8-17(13-16)24-12-11-15-5-2-1-3-6-15/h1-8,13H,9-12,14H2,(H,20,21)(H,22,23). The highest BCUT2D eigenvalue weighted by Crippen LogP contribution is 2.14. The molecule has 5 nitrogen and oxygen atoms in total. The third-order valence-electron chi connectivity index (χ3n) is 3.46. The molecule has 2 rings (SSSR count). The van der Waals surface area contributed by atoms with E-state index in [1.807, 2.05) is 42.5 Å². The third-order valence-corrected chi connectivity index (χ3v) is 3.46. The van der Waals surface area contributed by atoms with Gasteiger partial charge in [-0.05, 0) is 23.3 Å². The van der Waals surface area contributed by atoms with Crippen LogP contribution in [0.1, 0.15) is 24.0 Å². The summed E-state index contributed by atoms with van der Waals surface area (Å²) in [6.45, 7) is 0.937. The lowest BCUT2D eigenvalue weighted by atomic mass is 10.2. The summed E-state index contributed by atoms with van der Waals surface area (Å²) in [6.07, 6.45) is 0.661. The van der Waals surface area contributed by atoms with Crippen LogP contribution in [-0.2, 0) is 22.6 Å². The van der Waals surface area contributed by atoms with Gasteiger partial charge < -0.3 is 15.2 Å². The van der Waals surface area contributed by atoms with Crippen LogP contribution in [0.2, 0.25) is 0 Å². The quantitative estimate of drug-likeness (QED) is 0.742. The minimum Gasteiger partial charge on any atom is -0.493 e. The van der Waals surface area contributed by atoms with Crippen LogP contribution in [0, 0.1) is 0 Å². The molecule has 0 saturated carbocycles. The number of carboxylic acid groups (broad SMARTS) is 1. The highest BCUT2D eigenvalue weighted by atomic mass is 16.5. The van der Waals surface area contributed by atoms with Gasteiger partial charge in [0, 0.05) is 19.4 Å². The Morgan fingerprint density at radius 2 is 1.71 bits per heavy atom. The molecule has 0 aliphatic carbocycles. The molecule has 0 bridgehead atoms. The molecule has 0 aliphatic rings. The van der Waals surface area contributed by atoms with E-state index >= 15 is 0 Å². The molecule has 0 aliphatic heterocycles. The van der Waals surface area contributed by atoms with Crippen LogP contribution in [0.25, 0.3) is 0 Å². The first-order valence-corrected chi connectivity index (χ1v) is 7.87. The average molecular weight is 327 g/mol.